The molecule has 0 amide bonds. The predicted octanol–water partition coefficient (Wildman–Crippen LogP) is 7.89. The highest BCUT2D eigenvalue weighted by Gasteiger charge is 2.26. The van der Waals surface area contributed by atoms with Gasteiger partial charge >= 0.3 is 12.3 Å². The molecule has 41 heavy (non-hydrogen) atoms. The van der Waals surface area contributed by atoms with Crippen molar-refractivity contribution in [1.29, 1.82) is 0 Å². The van der Waals surface area contributed by atoms with E-state index in [1.807, 2.05) is 55.5 Å². The molecule has 0 radical (unpaired) electrons. The minimum Gasteiger partial charge on any atom is -0.449 e. The van der Waals surface area contributed by atoms with E-state index < -0.39 is 18.8 Å². The van der Waals surface area contributed by atoms with Crippen molar-refractivity contribution in [3.8, 4) is 28.1 Å². The normalized spacial score (nSPS) is 11.7. The van der Waals surface area contributed by atoms with Gasteiger partial charge in [0.2, 0.25) is 0 Å². The van der Waals surface area contributed by atoms with Crippen molar-refractivity contribution in [2.75, 3.05) is 0 Å². The molecule has 1 N–H and O–H groups in total. The van der Waals surface area contributed by atoms with Crippen LogP contribution in [-0.4, -0.2) is 36.5 Å². The average Bonchev–Trinajstić information content (AvgIpc) is 3.54. The Hall–Kier alpha value is -4.60. The molecule has 3 aromatic carbocycles. The number of imidazole rings is 2. The maximum atomic E-state index is 12.7. The molecule has 2 heterocycles. The summed E-state index contributed by atoms with van der Waals surface area (Å²) in [5.74, 6) is 1.21. The molecular weight excluding hydrogens is 533 g/mol. The maximum Gasteiger partial charge on any atom is 0.511 e. The Kier molecular flexibility index (Phi) is 7.83. The molecule has 0 saturated carbocycles. The van der Waals surface area contributed by atoms with Crippen LogP contribution >= 0.6 is 0 Å². The fourth-order valence-electron chi connectivity index (χ4n) is 4.93. The second-order valence-electron chi connectivity index (χ2n) is 9.95. The molecule has 10 heteroatoms. The highest BCUT2D eigenvalue weighted by atomic mass is 19.4. The summed E-state index contributed by atoms with van der Waals surface area (Å²) in [7, 11) is 0. The van der Waals surface area contributed by atoms with E-state index in [-0.39, 0.29) is 12.3 Å². The van der Waals surface area contributed by atoms with Crippen molar-refractivity contribution in [3.05, 3.63) is 90.1 Å². The average molecular weight is 563 g/mol. The molecule has 0 spiro atoms. The fraction of sp³-hybridized carbons (Fsp3) is 0.258. The standard InChI is InChI=1S/C31H29F3N4O3/c1-3-6-28-36-29-20(2)15-23(25-18-37(19-35-25)14-13-31(32,33)34)16-26(29)38(28)17-21-9-11-22(12-10-21)24-7-4-5-8-27(24)41-30(39)40/h4-5,7-12,15-16,18-19H,3,6,13-14,17H2,1-2H3,(H,39,40). The van der Waals surface area contributed by atoms with Crippen LogP contribution in [0.4, 0.5) is 18.0 Å². The first-order valence-electron chi connectivity index (χ1n) is 13.3. The Morgan fingerprint density at radius 3 is 2.51 bits per heavy atom. The zero-order chi connectivity index (χ0) is 29.1. The summed E-state index contributed by atoms with van der Waals surface area (Å²) >= 11 is 0. The first-order chi connectivity index (χ1) is 19.6. The number of ether oxygens (including phenoxy) is 1. The van der Waals surface area contributed by atoms with Gasteiger partial charge in [-0.1, -0.05) is 49.4 Å². The monoisotopic (exact) mass is 562 g/mol. The van der Waals surface area contributed by atoms with Gasteiger partial charge in [0.25, 0.3) is 0 Å². The van der Waals surface area contributed by atoms with Gasteiger partial charge in [-0.2, -0.15) is 13.2 Å². The smallest absolute Gasteiger partial charge is 0.449 e. The fourth-order valence-corrected chi connectivity index (χ4v) is 4.93. The van der Waals surface area contributed by atoms with Crippen LogP contribution in [0.15, 0.2) is 73.2 Å². The Morgan fingerprint density at radius 2 is 1.80 bits per heavy atom. The van der Waals surface area contributed by atoms with Gasteiger partial charge in [-0.15, -0.1) is 0 Å². The molecule has 0 aliphatic heterocycles. The van der Waals surface area contributed by atoms with Crippen LogP contribution in [0.25, 0.3) is 33.4 Å². The summed E-state index contributed by atoms with van der Waals surface area (Å²) in [6.07, 6.45) is -1.73. The van der Waals surface area contributed by atoms with E-state index >= 15 is 0 Å². The van der Waals surface area contributed by atoms with Crippen LogP contribution in [0.1, 0.15) is 36.7 Å². The molecule has 0 unspecified atom stereocenters. The Morgan fingerprint density at radius 1 is 1.05 bits per heavy atom. The quantitative estimate of drug-likeness (QED) is 0.146. The number of halogens is 3. The molecule has 0 saturated heterocycles. The van der Waals surface area contributed by atoms with Gasteiger partial charge in [0.1, 0.15) is 11.6 Å². The zero-order valence-corrected chi connectivity index (χ0v) is 22.7. The first kappa shape index (κ1) is 27.9. The van der Waals surface area contributed by atoms with Crippen molar-refractivity contribution in [2.45, 2.75) is 52.4 Å². The summed E-state index contributed by atoms with van der Waals surface area (Å²) in [5.41, 5.74) is 6.72. The molecule has 0 atom stereocenters. The van der Waals surface area contributed by atoms with E-state index in [4.69, 9.17) is 14.8 Å². The van der Waals surface area contributed by atoms with E-state index in [0.717, 1.165) is 52.0 Å². The van der Waals surface area contributed by atoms with Gasteiger partial charge in [0.15, 0.2) is 0 Å². The number of para-hydroxylation sites is 1. The van der Waals surface area contributed by atoms with E-state index in [9.17, 15) is 18.0 Å². The van der Waals surface area contributed by atoms with Gasteiger partial charge in [-0.3, -0.25) is 0 Å². The minimum absolute atomic E-state index is 0.181. The zero-order valence-electron chi connectivity index (χ0n) is 22.7. The number of nitrogens with zero attached hydrogens (tertiary/aromatic N) is 4. The molecule has 2 aromatic heterocycles. The summed E-state index contributed by atoms with van der Waals surface area (Å²) in [5, 5.41) is 9.07. The number of carbonyl (C=O) groups is 1. The highest BCUT2D eigenvalue weighted by molar-refractivity contribution is 5.85. The molecule has 7 nitrogen and oxygen atoms in total. The Bertz CT molecular complexity index is 1690. The van der Waals surface area contributed by atoms with Gasteiger partial charge < -0.3 is 19.0 Å². The SMILES string of the molecule is CCCc1nc2c(C)cc(-c3cn(CCC(F)(F)F)cn3)cc2n1Cc1ccc(-c2ccccc2OC(=O)O)cc1. The number of alkyl halides is 3. The van der Waals surface area contributed by atoms with Crippen LogP contribution < -0.4 is 4.74 Å². The lowest BCUT2D eigenvalue weighted by Crippen LogP contribution is -2.11. The summed E-state index contributed by atoms with van der Waals surface area (Å²) in [6, 6.07) is 18.8. The van der Waals surface area contributed by atoms with Gasteiger partial charge in [-0.25, -0.2) is 14.8 Å². The van der Waals surface area contributed by atoms with Gasteiger partial charge in [0.05, 0.1) is 29.5 Å². The van der Waals surface area contributed by atoms with Crippen molar-refractivity contribution >= 4 is 17.2 Å². The lowest BCUT2D eigenvalue weighted by Gasteiger charge is -2.12. The minimum atomic E-state index is -4.23. The van der Waals surface area contributed by atoms with Crippen LogP contribution in [0.3, 0.4) is 0 Å². The van der Waals surface area contributed by atoms with E-state index in [2.05, 4.69) is 16.5 Å². The number of aryl methyl sites for hydroxylation is 3. The Balaban J connectivity index is 1.47. The third kappa shape index (κ3) is 6.42. The predicted molar refractivity (Wildman–Crippen MR) is 150 cm³/mol. The molecule has 0 aliphatic carbocycles. The second-order valence-corrected chi connectivity index (χ2v) is 9.95. The van der Waals surface area contributed by atoms with E-state index in [1.54, 1.807) is 18.3 Å². The van der Waals surface area contributed by atoms with Crippen LogP contribution in [-0.2, 0) is 19.5 Å². The number of aromatic nitrogens is 4. The molecule has 0 aliphatic rings. The summed E-state index contributed by atoms with van der Waals surface area (Å²) in [6.45, 7) is 4.45. The number of hydrogen-bond donors (Lipinski definition) is 1. The highest BCUT2D eigenvalue weighted by Crippen LogP contribution is 2.32. The molecule has 0 fully saturated rings. The lowest BCUT2D eigenvalue weighted by atomic mass is 10.0. The van der Waals surface area contributed by atoms with Crippen molar-refractivity contribution < 1.29 is 27.8 Å². The lowest BCUT2D eigenvalue weighted by molar-refractivity contribution is -0.136. The van der Waals surface area contributed by atoms with Crippen molar-refractivity contribution in [3.63, 3.8) is 0 Å². The molecule has 212 valence electrons. The maximum absolute atomic E-state index is 12.7. The van der Waals surface area contributed by atoms with Crippen LogP contribution in [0.2, 0.25) is 0 Å². The van der Waals surface area contributed by atoms with Crippen molar-refractivity contribution in [2.24, 2.45) is 0 Å². The number of carboxylic acid groups (broad SMARTS) is 1. The topological polar surface area (TPSA) is 82.2 Å². The van der Waals surface area contributed by atoms with Crippen LogP contribution in [0.5, 0.6) is 5.75 Å². The molecular formula is C31H29F3N4O3. The summed E-state index contributed by atoms with van der Waals surface area (Å²) in [4.78, 5) is 20.4. The molecule has 5 rings (SSSR count). The van der Waals surface area contributed by atoms with Crippen LogP contribution in [0, 0.1) is 6.92 Å². The van der Waals surface area contributed by atoms with E-state index in [1.165, 1.54) is 10.9 Å². The first-order valence-corrected chi connectivity index (χ1v) is 13.3. The number of benzene rings is 3. The third-order valence-corrected chi connectivity index (χ3v) is 6.87. The molecule has 5 aromatic rings. The number of rotatable bonds is 9. The second kappa shape index (κ2) is 11.5. The van der Waals surface area contributed by atoms with Gasteiger partial charge in [0, 0.05) is 36.8 Å². The third-order valence-electron chi connectivity index (χ3n) is 6.87. The largest absolute Gasteiger partial charge is 0.511 e. The molecule has 0 bridgehead atoms. The number of fused-ring (bicyclic) bond motifs is 1. The number of hydrogen-bond acceptors (Lipinski definition) is 4. The summed E-state index contributed by atoms with van der Waals surface area (Å²) < 4.78 is 46.6. The van der Waals surface area contributed by atoms with Crippen molar-refractivity contribution in [1.82, 2.24) is 19.1 Å². The van der Waals surface area contributed by atoms with E-state index in [0.29, 0.717) is 17.8 Å². The Labute approximate surface area is 234 Å². The van der Waals surface area contributed by atoms with Gasteiger partial charge in [-0.05, 0) is 48.2 Å².